The van der Waals surface area contributed by atoms with E-state index in [4.69, 9.17) is 0 Å². The molecular formula is C9H20O. The Morgan fingerprint density at radius 2 is 1.30 bits per heavy atom. The van der Waals surface area contributed by atoms with Gasteiger partial charge in [-0.3, -0.25) is 0 Å². The summed E-state index contributed by atoms with van der Waals surface area (Å²) >= 11 is 0. The van der Waals surface area contributed by atoms with Gasteiger partial charge in [-0.15, -0.1) is 0 Å². The van der Waals surface area contributed by atoms with Crippen LogP contribution in [0.2, 0.25) is 0 Å². The zero-order valence-corrected chi connectivity index (χ0v) is 7.59. The van der Waals surface area contributed by atoms with Crippen molar-refractivity contribution in [2.45, 2.75) is 46.6 Å². The van der Waals surface area contributed by atoms with Gasteiger partial charge in [-0.1, -0.05) is 40.5 Å². The molecule has 0 radical (unpaired) electrons. The largest absolute Gasteiger partial charge is 0.393 e. The quantitative estimate of drug-likeness (QED) is 0.642. The van der Waals surface area contributed by atoms with Crippen molar-refractivity contribution in [2.24, 2.45) is 11.8 Å². The third kappa shape index (κ3) is 2.70. The fraction of sp³-hybridized carbons (Fsp3) is 1.00. The van der Waals surface area contributed by atoms with Crippen molar-refractivity contribution in [1.82, 2.24) is 0 Å². The molecular weight excluding hydrogens is 124 g/mol. The van der Waals surface area contributed by atoms with E-state index in [1.807, 2.05) is 0 Å². The van der Waals surface area contributed by atoms with Crippen LogP contribution in [-0.2, 0) is 0 Å². The molecule has 0 fully saturated rings. The third-order valence-corrected chi connectivity index (χ3v) is 2.45. The first-order chi connectivity index (χ1) is 4.63. The Balaban J connectivity index is 3.69. The molecule has 1 nitrogen and oxygen atoms in total. The van der Waals surface area contributed by atoms with Gasteiger partial charge in [0.1, 0.15) is 0 Å². The molecule has 0 aliphatic carbocycles. The third-order valence-electron chi connectivity index (χ3n) is 2.45. The molecule has 0 spiro atoms. The Bertz CT molecular complexity index is 70.8. The normalized spacial score (nSPS) is 20.1. The van der Waals surface area contributed by atoms with Crippen LogP contribution in [0.5, 0.6) is 0 Å². The van der Waals surface area contributed by atoms with E-state index >= 15 is 0 Å². The first-order valence-electron chi connectivity index (χ1n) is 4.31. The van der Waals surface area contributed by atoms with Crippen LogP contribution >= 0.6 is 0 Å². The number of hydrogen-bond acceptors (Lipinski definition) is 1. The highest BCUT2D eigenvalue weighted by molar-refractivity contribution is 4.68. The van der Waals surface area contributed by atoms with E-state index in [-0.39, 0.29) is 6.10 Å². The Hall–Kier alpha value is -0.0400. The number of aliphatic hydroxyl groups excluding tert-OH is 1. The smallest absolute Gasteiger partial charge is 0.0591 e. The maximum atomic E-state index is 9.59. The highest BCUT2D eigenvalue weighted by atomic mass is 16.3. The van der Waals surface area contributed by atoms with Crippen molar-refractivity contribution < 1.29 is 5.11 Å². The summed E-state index contributed by atoms with van der Waals surface area (Å²) in [4.78, 5) is 0. The number of rotatable bonds is 4. The molecule has 0 amide bonds. The van der Waals surface area contributed by atoms with Crippen molar-refractivity contribution in [1.29, 1.82) is 0 Å². The van der Waals surface area contributed by atoms with E-state index in [2.05, 4.69) is 27.7 Å². The predicted molar refractivity (Wildman–Crippen MR) is 44.9 cm³/mol. The van der Waals surface area contributed by atoms with Crippen molar-refractivity contribution in [3.05, 3.63) is 0 Å². The lowest BCUT2D eigenvalue weighted by Gasteiger charge is -2.22. The minimum absolute atomic E-state index is 0.102. The molecule has 1 unspecified atom stereocenters. The minimum atomic E-state index is -0.102. The SMILES string of the molecule is CC[C@@H](C)C(O)[C@@H](C)CC. The summed E-state index contributed by atoms with van der Waals surface area (Å²) < 4.78 is 0. The lowest BCUT2D eigenvalue weighted by Crippen LogP contribution is -2.24. The fourth-order valence-electron chi connectivity index (χ4n) is 1.04. The molecule has 62 valence electrons. The minimum Gasteiger partial charge on any atom is -0.393 e. The van der Waals surface area contributed by atoms with Crippen molar-refractivity contribution in [2.75, 3.05) is 0 Å². The summed E-state index contributed by atoms with van der Waals surface area (Å²) in [5, 5.41) is 9.59. The molecule has 0 saturated heterocycles. The maximum absolute atomic E-state index is 9.59. The average Bonchev–Trinajstić information content (AvgIpc) is 2.00. The van der Waals surface area contributed by atoms with Crippen molar-refractivity contribution in [3.63, 3.8) is 0 Å². The van der Waals surface area contributed by atoms with Crippen molar-refractivity contribution >= 4 is 0 Å². The molecule has 0 bridgehead atoms. The summed E-state index contributed by atoms with van der Waals surface area (Å²) in [7, 11) is 0. The molecule has 0 saturated carbocycles. The summed E-state index contributed by atoms with van der Waals surface area (Å²) in [6, 6.07) is 0. The molecule has 0 heterocycles. The summed E-state index contributed by atoms with van der Waals surface area (Å²) in [6.07, 6.45) is 2.05. The van der Waals surface area contributed by atoms with Crippen molar-refractivity contribution in [3.8, 4) is 0 Å². The topological polar surface area (TPSA) is 20.2 Å². The van der Waals surface area contributed by atoms with E-state index < -0.39 is 0 Å². The molecule has 10 heavy (non-hydrogen) atoms. The Kier molecular flexibility index (Phi) is 4.71. The standard InChI is InChI=1S/C9H20O/c1-5-7(3)9(10)8(4)6-2/h7-10H,5-6H2,1-4H3/t7-,8+,9?. The van der Waals surface area contributed by atoms with Crippen LogP contribution in [0.15, 0.2) is 0 Å². The van der Waals surface area contributed by atoms with Crippen LogP contribution in [0.4, 0.5) is 0 Å². The van der Waals surface area contributed by atoms with Gasteiger partial charge in [0.15, 0.2) is 0 Å². The van der Waals surface area contributed by atoms with Gasteiger partial charge in [0.2, 0.25) is 0 Å². The summed E-state index contributed by atoms with van der Waals surface area (Å²) in [5.41, 5.74) is 0. The van der Waals surface area contributed by atoms with Gasteiger partial charge in [-0.2, -0.15) is 0 Å². The van der Waals surface area contributed by atoms with Gasteiger partial charge in [-0.25, -0.2) is 0 Å². The molecule has 0 aromatic carbocycles. The molecule has 1 heteroatoms. The zero-order chi connectivity index (χ0) is 8.15. The van der Waals surface area contributed by atoms with Crippen LogP contribution in [0.1, 0.15) is 40.5 Å². The zero-order valence-electron chi connectivity index (χ0n) is 7.59. The van der Waals surface area contributed by atoms with Crippen LogP contribution < -0.4 is 0 Å². The second kappa shape index (κ2) is 4.73. The number of aliphatic hydroxyl groups is 1. The van der Waals surface area contributed by atoms with E-state index in [0.717, 1.165) is 12.8 Å². The first kappa shape index (κ1) is 9.96. The molecule has 3 atom stereocenters. The van der Waals surface area contributed by atoms with Gasteiger partial charge in [0, 0.05) is 0 Å². The van der Waals surface area contributed by atoms with E-state index in [1.54, 1.807) is 0 Å². The van der Waals surface area contributed by atoms with Crippen LogP contribution in [0.25, 0.3) is 0 Å². The molecule has 0 aliphatic heterocycles. The van der Waals surface area contributed by atoms with E-state index in [0.29, 0.717) is 11.8 Å². The molecule has 0 aromatic heterocycles. The average molecular weight is 144 g/mol. The number of hydrogen-bond donors (Lipinski definition) is 1. The fourth-order valence-corrected chi connectivity index (χ4v) is 1.04. The molecule has 0 aliphatic rings. The first-order valence-corrected chi connectivity index (χ1v) is 4.31. The lowest BCUT2D eigenvalue weighted by atomic mass is 9.90. The van der Waals surface area contributed by atoms with Gasteiger partial charge < -0.3 is 5.11 Å². The van der Waals surface area contributed by atoms with E-state index in [9.17, 15) is 5.11 Å². The Labute approximate surface area is 64.5 Å². The van der Waals surface area contributed by atoms with Crippen LogP contribution in [0.3, 0.4) is 0 Å². The monoisotopic (exact) mass is 144 g/mol. The lowest BCUT2D eigenvalue weighted by molar-refractivity contribution is 0.0616. The highest BCUT2D eigenvalue weighted by Crippen LogP contribution is 2.17. The van der Waals surface area contributed by atoms with Gasteiger partial charge >= 0.3 is 0 Å². The molecule has 0 aromatic rings. The highest BCUT2D eigenvalue weighted by Gasteiger charge is 2.17. The van der Waals surface area contributed by atoms with Crippen LogP contribution in [0, 0.1) is 11.8 Å². The predicted octanol–water partition coefficient (Wildman–Crippen LogP) is 2.44. The Morgan fingerprint density at radius 3 is 1.50 bits per heavy atom. The molecule has 1 N–H and O–H groups in total. The van der Waals surface area contributed by atoms with Crippen LogP contribution in [-0.4, -0.2) is 11.2 Å². The van der Waals surface area contributed by atoms with Gasteiger partial charge in [-0.05, 0) is 11.8 Å². The maximum Gasteiger partial charge on any atom is 0.0591 e. The van der Waals surface area contributed by atoms with E-state index in [1.165, 1.54) is 0 Å². The molecule has 0 rings (SSSR count). The second-order valence-corrected chi connectivity index (χ2v) is 3.26. The second-order valence-electron chi connectivity index (χ2n) is 3.26. The Morgan fingerprint density at radius 1 is 1.00 bits per heavy atom. The van der Waals surface area contributed by atoms with Gasteiger partial charge in [0.25, 0.3) is 0 Å². The van der Waals surface area contributed by atoms with Gasteiger partial charge in [0.05, 0.1) is 6.10 Å². The summed E-state index contributed by atoms with van der Waals surface area (Å²) in [6.45, 7) is 8.46. The summed E-state index contributed by atoms with van der Waals surface area (Å²) in [5.74, 6) is 0.907.